The van der Waals surface area contributed by atoms with Crippen LogP contribution in [0.15, 0.2) is 41.4 Å². The van der Waals surface area contributed by atoms with E-state index in [1.807, 2.05) is 57.2 Å². The summed E-state index contributed by atoms with van der Waals surface area (Å²) in [4.78, 5) is 4.70. The topological polar surface area (TPSA) is 30.8 Å². The molecule has 0 atom stereocenters. The molecular weight excluding hydrogens is 262 g/mol. The van der Waals surface area contributed by atoms with E-state index in [2.05, 4.69) is 0 Å². The number of ether oxygens (including phenoxy) is 2. The van der Waals surface area contributed by atoms with Gasteiger partial charge in [0, 0.05) is 5.71 Å². The summed E-state index contributed by atoms with van der Waals surface area (Å²) in [6.07, 6.45) is 0. The minimum Gasteiger partial charge on any atom is -0.497 e. The molecule has 2 aromatic rings. The van der Waals surface area contributed by atoms with Gasteiger partial charge in [-0.3, -0.25) is 4.99 Å². The summed E-state index contributed by atoms with van der Waals surface area (Å²) in [6, 6.07) is 12.0. The zero-order valence-corrected chi connectivity index (χ0v) is 13.2. The van der Waals surface area contributed by atoms with Crippen molar-refractivity contribution in [2.45, 2.75) is 20.8 Å². The van der Waals surface area contributed by atoms with Gasteiger partial charge in [0.15, 0.2) is 0 Å². The van der Waals surface area contributed by atoms with Crippen LogP contribution in [0, 0.1) is 13.8 Å². The monoisotopic (exact) mass is 283 g/mol. The number of nitrogens with zero attached hydrogens (tertiary/aromatic N) is 1. The van der Waals surface area contributed by atoms with E-state index in [1.54, 1.807) is 14.2 Å². The predicted molar refractivity (Wildman–Crippen MR) is 87.3 cm³/mol. The summed E-state index contributed by atoms with van der Waals surface area (Å²) in [7, 11) is 3.36. The first-order chi connectivity index (χ1) is 10.0. The molecule has 21 heavy (non-hydrogen) atoms. The largest absolute Gasteiger partial charge is 0.497 e. The van der Waals surface area contributed by atoms with Crippen LogP contribution in [0.5, 0.6) is 11.5 Å². The molecule has 2 rings (SSSR count). The summed E-state index contributed by atoms with van der Waals surface area (Å²) >= 11 is 0. The molecule has 0 N–H and O–H groups in total. The Balaban J connectivity index is 2.33. The molecular formula is C18H21NO2. The van der Waals surface area contributed by atoms with Crippen LogP contribution in [0.2, 0.25) is 0 Å². The van der Waals surface area contributed by atoms with Crippen LogP contribution in [0.4, 0.5) is 5.69 Å². The van der Waals surface area contributed by atoms with Gasteiger partial charge in [-0.25, -0.2) is 0 Å². The average molecular weight is 283 g/mol. The van der Waals surface area contributed by atoms with Crippen LogP contribution in [0.25, 0.3) is 0 Å². The normalized spacial score (nSPS) is 11.4. The molecule has 0 amide bonds. The average Bonchev–Trinajstić information content (AvgIpc) is 2.47. The lowest BCUT2D eigenvalue weighted by molar-refractivity contribution is 0.408. The van der Waals surface area contributed by atoms with Gasteiger partial charge in [0.05, 0.1) is 19.9 Å². The number of rotatable bonds is 4. The Hall–Kier alpha value is -2.29. The lowest BCUT2D eigenvalue weighted by Gasteiger charge is -2.10. The highest BCUT2D eigenvalue weighted by Gasteiger charge is 2.05. The fourth-order valence-corrected chi connectivity index (χ4v) is 2.40. The molecule has 0 aliphatic rings. The third-order valence-electron chi connectivity index (χ3n) is 3.45. The zero-order valence-electron chi connectivity index (χ0n) is 13.2. The van der Waals surface area contributed by atoms with Gasteiger partial charge in [0.25, 0.3) is 0 Å². The maximum Gasteiger partial charge on any atom is 0.124 e. The lowest BCUT2D eigenvalue weighted by Crippen LogP contribution is -1.95. The van der Waals surface area contributed by atoms with Crippen LogP contribution in [0.3, 0.4) is 0 Å². The van der Waals surface area contributed by atoms with Crippen LogP contribution in [-0.4, -0.2) is 19.9 Å². The van der Waals surface area contributed by atoms with Gasteiger partial charge >= 0.3 is 0 Å². The Morgan fingerprint density at radius 2 is 1.48 bits per heavy atom. The molecule has 0 aromatic heterocycles. The first-order valence-electron chi connectivity index (χ1n) is 6.90. The Morgan fingerprint density at radius 3 is 1.95 bits per heavy atom. The molecule has 3 nitrogen and oxygen atoms in total. The summed E-state index contributed by atoms with van der Waals surface area (Å²) < 4.78 is 10.6. The van der Waals surface area contributed by atoms with E-state index < -0.39 is 0 Å². The van der Waals surface area contributed by atoms with Crippen molar-refractivity contribution in [2.24, 2.45) is 4.99 Å². The maximum absolute atomic E-state index is 5.38. The van der Waals surface area contributed by atoms with Gasteiger partial charge in [-0.1, -0.05) is 0 Å². The third kappa shape index (κ3) is 3.43. The van der Waals surface area contributed by atoms with Crippen molar-refractivity contribution in [1.82, 2.24) is 0 Å². The second-order valence-electron chi connectivity index (χ2n) is 5.04. The lowest BCUT2D eigenvalue weighted by atomic mass is 10.1. The molecule has 110 valence electrons. The summed E-state index contributed by atoms with van der Waals surface area (Å²) in [5, 5.41) is 0. The molecule has 3 heteroatoms. The highest BCUT2D eigenvalue weighted by atomic mass is 16.5. The zero-order chi connectivity index (χ0) is 15.4. The van der Waals surface area contributed by atoms with Gasteiger partial charge in [-0.15, -0.1) is 0 Å². The van der Waals surface area contributed by atoms with Crippen molar-refractivity contribution < 1.29 is 9.47 Å². The van der Waals surface area contributed by atoms with E-state index in [-0.39, 0.29) is 0 Å². The Labute approximate surface area is 126 Å². The molecule has 0 unspecified atom stereocenters. The molecule has 0 saturated heterocycles. The van der Waals surface area contributed by atoms with E-state index >= 15 is 0 Å². The third-order valence-corrected chi connectivity index (χ3v) is 3.45. The summed E-state index contributed by atoms with van der Waals surface area (Å²) in [6.45, 7) is 6.08. The van der Waals surface area contributed by atoms with Crippen LogP contribution >= 0.6 is 0 Å². The van der Waals surface area contributed by atoms with Crippen LogP contribution in [0.1, 0.15) is 23.6 Å². The maximum atomic E-state index is 5.38. The molecule has 0 aliphatic carbocycles. The highest BCUT2D eigenvalue weighted by molar-refractivity contribution is 6.00. The summed E-state index contributed by atoms with van der Waals surface area (Å²) in [5.41, 5.74) is 5.19. The van der Waals surface area contributed by atoms with Gasteiger partial charge in [-0.05, 0) is 73.9 Å². The first-order valence-corrected chi connectivity index (χ1v) is 6.90. The van der Waals surface area contributed by atoms with Crippen molar-refractivity contribution in [2.75, 3.05) is 14.2 Å². The molecule has 0 heterocycles. The Morgan fingerprint density at radius 1 is 0.905 bits per heavy atom. The molecule has 0 fully saturated rings. The van der Waals surface area contributed by atoms with E-state index in [9.17, 15) is 0 Å². The van der Waals surface area contributed by atoms with Gasteiger partial charge in [0.1, 0.15) is 11.5 Å². The Kier molecular flexibility index (Phi) is 4.63. The van der Waals surface area contributed by atoms with Gasteiger partial charge < -0.3 is 9.47 Å². The number of aliphatic imine (C=N–C) groups is 1. The quantitative estimate of drug-likeness (QED) is 0.775. The second kappa shape index (κ2) is 6.44. The standard InChI is InChI=1S/C18H21NO2/c1-12-10-16(11-13(2)18(12)21-5)19-14(3)15-6-8-17(20-4)9-7-15/h6-11H,1-5H3/b19-14+. The predicted octanol–water partition coefficient (Wildman–Crippen LogP) is 4.46. The molecule has 0 bridgehead atoms. The number of hydrogen-bond acceptors (Lipinski definition) is 3. The van der Waals surface area contributed by atoms with Crippen molar-refractivity contribution in [3.63, 3.8) is 0 Å². The fourth-order valence-electron chi connectivity index (χ4n) is 2.40. The van der Waals surface area contributed by atoms with Crippen molar-refractivity contribution in [1.29, 1.82) is 0 Å². The van der Waals surface area contributed by atoms with E-state index in [0.717, 1.165) is 39.6 Å². The van der Waals surface area contributed by atoms with E-state index in [0.29, 0.717) is 0 Å². The van der Waals surface area contributed by atoms with Gasteiger partial charge in [0.2, 0.25) is 0 Å². The van der Waals surface area contributed by atoms with Gasteiger partial charge in [-0.2, -0.15) is 0 Å². The van der Waals surface area contributed by atoms with Crippen molar-refractivity contribution >= 4 is 11.4 Å². The van der Waals surface area contributed by atoms with Crippen molar-refractivity contribution in [3.8, 4) is 11.5 Å². The summed E-state index contributed by atoms with van der Waals surface area (Å²) in [5.74, 6) is 1.78. The number of benzene rings is 2. The van der Waals surface area contributed by atoms with Crippen molar-refractivity contribution in [3.05, 3.63) is 53.1 Å². The highest BCUT2D eigenvalue weighted by Crippen LogP contribution is 2.28. The number of aryl methyl sites for hydroxylation is 2. The SMILES string of the molecule is COc1ccc(/C(C)=N/c2cc(C)c(OC)c(C)c2)cc1. The van der Waals surface area contributed by atoms with Crippen LogP contribution in [-0.2, 0) is 0 Å². The Bertz CT molecular complexity index is 634. The smallest absolute Gasteiger partial charge is 0.124 e. The minimum absolute atomic E-state index is 0.850. The molecule has 0 aliphatic heterocycles. The second-order valence-corrected chi connectivity index (χ2v) is 5.04. The number of methoxy groups -OCH3 is 2. The molecule has 0 saturated carbocycles. The fraction of sp³-hybridized carbons (Fsp3) is 0.278. The van der Waals surface area contributed by atoms with Crippen LogP contribution < -0.4 is 9.47 Å². The van der Waals surface area contributed by atoms with E-state index in [4.69, 9.17) is 14.5 Å². The number of hydrogen-bond donors (Lipinski definition) is 0. The molecule has 2 aromatic carbocycles. The minimum atomic E-state index is 0.850. The first kappa shape index (κ1) is 15.1. The molecule has 0 spiro atoms. The molecule has 0 radical (unpaired) electrons. The van der Waals surface area contributed by atoms with E-state index in [1.165, 1.54) is 0 Å².